The lowest BCUT2D eigenvalue weighted by Crippen LogP contribution is -2.23. The van der Waals surface area contributed by atoms with Crippen LogP contribution in [0.5, 0.6) is 5.75 Å². The molecule has 98 valence electrons. The Morgan fingerprint density at radius 1 is 1.32 bits per heavy atom. The maximum Gasteiger partial charge on any atom is 0.295 e. The van der Waals surface area contributed by atoms with Gasteiger partial charge >= 0.3 is 0 Å². The normalized spacial score (nSPS) is 14.2. The van der Waals surface area contributed by atoms with Crippen LogP contribution in [0.4, 0.5) is 5.82 Å². The van der Waals surface area contributed by atoms with Crippen LogP contribution >= 0.6 is 0 Å². The average molecular weight is 257 g/mol. The van der Waals surface area contributed by atoms with Gasteiger partial charge < -0.3 is 15.0 Å². The molecule has 1 aromatic carbocycles. The van der Waals surface area contributed by atoms with Crippen LogP contribution < -0.4 is 15.6 Å². The minimum Gasteiger partial charge on any atom is -0.489 e. The molecule has 0 spiro atoms. The monoisotopic (exact) mass is 257 g/mol. The Morgan fingerprint density at radius 2 is 2.00 bits per heavy atom. The second-order valence-electron chi connectivity index (χ2n) is 4.63. The molecule has 0 radical (unpaired) electrons. The summed E-state index contributed by atoms with van der Waals surface area (Å²) >= 11 is 0. The van der Waals surface area contributed by atoms with Gasteiger partial charge in [0, 0.05) is 6.04 Å². The van der Waals surface area contributed by atoms with Gasteiger partial charge in [-0.15, -0.1) is 0 Å². The predicted molar refractivity (Wildman–Crippen MR) is 72.7 cm³/mol. The number of nitrogens with one attached hydrogen (secondary N) is 2. The molecule has 0 bridgehead atoms. The first-order valence-electron chi connectivity index (χ1n) is 6.23. The van der Waals surface area contributed by atoms with E-state index in [9.17, 15) is 4.79 Å². The molecular weight excluding hydrogens is 242 g/mol. The molecule has 0 aliphatic heterocycles. The lowest BCUT2D eigenvalue weighted by molar-refractivity contribution is 0.407. The third-order valence-electron chi connectivity index (χ3n) is 3.41. The number of benzene rings is 1. The van der Waals surface area contributed by atoms with E-state index in [0.717, 1.165) is 12.8 Å². The minimum atomic E-state index is -0.268. The molecule has 3 rings (SSSR count). The second-order valence-corrected chi connectivity index (χ2v) is 4.63. The zero-order valence-electron chi connectivity index (χ0n) is 10.6. The van der Waals surface area contributed by atoms with E-state index in [1.165, 1.54) is 24.6 Å². The number of rotatable bonds is 3. The minimum absolute atomic E-state index is 0.235. The molecule has 1 aromatic heterocycles. The smallest absolute Gasteiger partial charge is 0.295 e. The van der Waals surface area contributed by atoms with Crippen molar-refractivity contribution in [3.63, 3.8) is 0 Å². The largest absolute Gasteiger partial charge is 0.489 e. The molecule has 0 fully saturated rings. The van der Waals surface area contributed by atoms with Crippen molar-refractivity contribution < 1.29 is 4.74 Å². The van der Waals surface area contributed by atoms with Gasteiger partial charge in [-0.05, 0) is 24.0 Å². The van der Waals surface area contributed by atoms with Crippen LogP contribution in [-0.2, 0) is 12.8 Å². The highest BCUT2D eigenvalue weighted by atomic mass is 16.5. The number of fused-ring (bicyclic) bond motifs is 1. The number of anilines is 1. The summed E-state index contributed by atoms with van der Waals surface area (Å²) in [5, 5.41) is 3.29. The van der Waals surface area contributed by atoms with E-state index >= 15 is 0 Å². The molecule has 0 saturated carbocycles. The highest BCUT2D eigenvalue weighted by Crippen LogP contribution is 2.25. The number of methoxy groups -OCH3 is 1. The number of hydrogen-bond acceptors (Lipinski definition) is 4. The lowest BCUT2D eigenvalue weighted by atomic mass is 10.1. The topological polar surface area (TPSA) is 67.0 Å². The Morgan fingerprint density at radius 3 is 2.63 bits per heavy atom. The van der Waals surface area contributed by atoms with Gasteiger partial charge in [0.25, 0.3) is 5.56 Å². The molecule has 5 nitrogen and oxygen atoms in total. The summed E-state index contributed by atoms with van der Waals surface area (Å²) in [5.41, 5.74) is 2.43. The van der Waals surface area contributed by atoms with Crippen molar-refractivity contribution in [3.05, 3.63) is 52.1 Å². The molecule has 0 saturated heterocycles. The van der Waals surface area contributed by atoms with E-state index in [1.807, 2.05) is 12.1 Å². The zero-order chi connectivity index (χ0) is 13.2. The maximum absolute atomic E-state index is 11.6. The van der Waals surface area contributed by atoms with Gasteiger partial charge in [0.05, 0.1) is 13.4 Å². The number of aromatic amines is 1. The van der Waals surface area contributed by atoms with Crippen LogP contribution in [0, 0.1) is 0 Å². The van der Waals surface area contributed by atoms with E-state index in [1.54, 1.807) is 0 Å². The fourth-order valence-electron chi connectivity index (χ4n) is 2.53. The van der Waals surface area contributed by atoms with Gasteiger partial charge in [-0.1, -0.05) is 24.3 Å². The molecule has 19 heavy (non-hydrogen) atoms. The predicted octanol–water partition coefficient (Wildman–Crippen LogP) is 1.36. The summed E-state index contributed by atoms with van der Waals surface area (Å²) in [4.78, 5) is 18.2. The van der Waals surface area contributed by atoms with Crippen molar-refractivity contribution in [1.29, 1.82) is 0 Å². The lowest BCUT2D eigenvalue weighted by Gasteiger charge is -2.14. The number of ether oxygens (including phenoxy) is 1. The van der Waals surface area contributed by atoms with Crippen LogP contribution in [0.25, 0.3) is 0 Å². The Bertz CT molecular complexity index is 626. The van der Waals surface area contributed by atoms with Crippen LogP contribution in [0.3, 0.4) is 0 Å². The number of hydrogen-bond donors (Lipinski definition) is 2. The molecule has 2 N–H and O–H groups in total. The van der Waals surface area contributed by atoms with Crippen molar-refractivity contribution in [2.45, 2.75) is 18.9 Å². The van der Waals surface area contributed by atoms with Crippen molar-refractivity contribution in [3.8, 4) is 5.75 Å². The van der Waals surface area contributed by atoms with Gasteiger partial charge in [0.2, 0.25) is 5.75 Å². The fraction of sp³-hybridized carbons (Fsp3) is 0.286. The summed E-state index contributed by atoms with van der Waals surface area (Å²) in [6, 6.07) is 8.63. The average Bonchev–Trinajstić information content (AvgIpc) is 2.81. The molecule has 1 aliphatic carbocycles. The summed E-state index contributed by atoms with van der Waals surface area (Å²) in [6.45, 7) is 0. The molecule has 1 heterocycles. The van der Waals surface area contributed by atoms with Crippen LogP contribution in [0.2, 0.25) is 0 Å². The molecule has 0 amide bonds. The Balaban J connectivity index is 1.82. The first-order valence-corrected chi connectivity index (χ1v) is 6.23. The Labute approximate surface area is 110 Å². The number of H-pyrrole nitrogens is 1. The molecule has 1 aliphatic rings. The molecule has 0 unspecified atom stereocenters. The van der Waals surface area contributed by atoms with E-state index in [0.29, 0.717) is 5.82 Å². The standard InChI is InChI=1S/C14H15N3O2/c1-19-12-13(15-8-16-14(12)18)17-11-6-9-4-2-3-5-10(9)7-11/h2-5,8,11H,6-7H2,1H3,(H2,15,16,17,18). The third kappa shape index (κ3) is 2.19. The Hall–Kier alpha value is -2.30. The van der Waals surface area contributed by atoms with E-state index < -0.39 is 0 Å². The van der Waals surface area contributed by atoms with Gasteiger partial charge in [0.15, 0.2) is 5.82 Å². The summed E-state index contributed by atoms with van der Waals surface area (Å²) in [5.74, 6) is 0.738. The van der Waals surface area contributed by atoms with Crippen LogP contribution in [0.1, 0.15) is 11.1 Å². The van der Waals surface area contributed by atoms with Gasteiger partial charge in [-0.2, -0.15) is 0 Å². The summed E-state index contributed by atoms with van der Waals surface area (Å²) < 4.78 is 5.09. The maximum atomic E-state index is 11.6. The zero-order valence-corrected chi connectivity index (χ0v) is 10.6. The molecule has 0 atom stereocenters. The van der Waals surface area contributed by atoms with Gasteiger partial charge in [-0.3, -0.25) is 4.79 Å². The van der Waals surface area contributed by atoms with E-state index in [2.05, 4.69) is 27.4 Å². The highest BCUT2D eigenvalue weighted by Gasteiger charge is 2.22. The first kappa shape index (κ1) is 11.8. The molecule has 2 aromatic rings. The summed E-state index contributed by atoms with van der Waals surface area (Å²) in [7, 11) is 1.47. The SMILES string of the molecule is COc1c(NC2Cc3ccccc3C2)nc[nH]c1=O. The Kier molecular flexibility index (Phi) is 2.95. The van der Waals surface area contributed by atoms with Crippen LogP contribution in [0.15, 0.2) is 35.4 Å². The summed E-state index contributed by atoms with van der Waals surface area (Å²) in [6.07, 6.45) is 3.26. The van der Waals surface area contributed by atoms with Gasteiger partial charge in [-0.25, -0.2) is 4.98 Å². The van der Waals surface area contributed by atoms with E-state index in [-0.39, 0.29) is 17.4 Å². The van der Waals surface area contributed by atoms with E-state index in [4.69, 9.17) is 4.74 Å². The molecular formula is C14H15N3O2. The van der Waals surface area contributed by atoms with Crippen LogP contribution in [-0.4, -0.2) is 23.1 Å². The molecule has 5 heteroatoms. The van der Waals surface area contributed by atoms with Crippen molar-refractivity contribution in [1.82, 2.24) is 9.97 Å². The quantitative estimate of drug-likeness (QED) is 0.871. The van der Waals surface area contributed by atoms with Gasteiger partial charge in [0.1, 0.15) is 0 Å². The van der Waals surface area contributed by atoms with Crippen molar-refractivity contribution in [2.75, 3.05) is 12.4 Å². The second kappa shape index (κ2) is 4.76. The van der Waals surface area contributed by atoms with Crippen molar-refractivity contribution in [2.24, 2.45) is 0 Å². The number of aromatic nitrogens is 2. The first-order chi connectivity index (χ1) is 9.28. The van der Waals surface area contributed by atoms with Crippen molar-refractivity contribution >= 4 is 5.82 Å². The number of nitrogens with zero attached hydrogens (tertiary/aromatic N) is 1. The third-order valence-corrected chi connectivity index (χ3v) is 3.41. The fourth-order valence-corrected chi connectivity index (χ4v) is 2.53. The highest BCUT2D eigenvalue weighted by molar-refractivity contribution is 5.50.